The first-order valence-corrected chi connectivity index (χ1v) is 2.80. The molecule has 0 amide bonds. The largest absolute Gasteiger partial charge is 0.347 e. The topological polar surface area (TPSA) is 29.0 Å². The highest BCUT2D eigenvalue weighted by Gasteiger charge is 1.75. The van der Waals surface area contributed by atoms with Crippen LogP contribution in [0.5, 0.6) is 0 Å². The summed E-state index contributed by atoms with van der Waals surface area (Å²) in [6.45, 7) is 5.45. The molecule has 0 aromatic rings. The summed E-state index contributed by atoms with van der Waals surface area (Å²) < 4.78 is 0. The van der Waals surface area contributed by atoms with Crippen LogP contribution in [-0.4, -0.2) is 26.4 Å². The van der Waals surface area contributed by atoms with E-state index in [9.17, 15) is 0 Å². The molecule has 0 fully saturated rings. The van der Waals surface area contributed by atoms with Crippen LogP contribution in [0, 0.1) is 0 Å². The van der Waals surface area contributed by atoms with Crippen LogP contribution in [0.4, 0.5) is 0 Å². The summed E-state index contributed by atoms with van der Waals surface area (Å²) in [5.41, 5.74) is 0. The first-order chi connectivity index (χ1) is 3.91. The summed E-state index contributed by atoms with van der Waals surface area (Å²) >= 11 is 0. The van der Waals surface area contributed by atoms with Gasteiger partial charge in [-0.25, -0.2) is 0 Å². The summed E-state index contributed by atoms with van der Waals surface area (Å²) in [5, 5.41) is 2.10. The second-order valence-electron chi connectivity index (χ2n) is 1.49. The quantitative estimate of drug-likeness (QED) is 0.374. The van der Waals surface area contributed by atoms with Gasteiger partial charge >= 0.3 is 0 Å². The van der Waals surface area contributed by atoms with Gasteiger partial charge in [0.05, 0.1) is 20.1 Å². The zero-order chi connectivity index (χ0) is 6.24. The van der Waals surface area contributed by atoms with Crippen LogP contribution in [0.3, 0.4) is 0 Å². The predicted octanol–water partition coefficient (Wildman–Crippen LogP) is -0.564. The molecule has 0 atom stereocenters. The lowest BCUT2D eigenvalue weighted by atomic mass is 10.6. The number of likely N-dealkylation sites (N-methyl/N-ethyl adjacent to an activating group) is 1. The van der Waals surface area contributed by atoms with E-state index >= 15 is 0 Å². The SMILES string of the molecule is C=CC=NCC[NH2+]C. The van der Waals surface area contributed by atoms with Crippen LogP contribution in [-0.2, 0) is 0 Å². The van der Waals surface area contributed by atoms with Crippen molar-refractivity contribution in [1.82, 2.24) is 0 Å². The van der Waals surface area contributed by atoms with Crippen molar-refractivity contribution in [3.63, 3.8) is 0 Å². The molecule has 8 heavy (non-hydrogen) atoms. The van der Waals surface area contributed by atoms with E-state index in [4.69, 9.17) is 0 Å². The number of allylic oxidation sites excluding steroid dienone is 1. The lowest BCUT2D eigenvalue weighted by molar-refractivity contribution is -0.624. The minimum Gasteiger partial charge on any atom is -0.347 e. The van der Waals surface area contributed by atoms with Crippen molar-refractivity contribution in [2.24, 2.45) is 4.99 Å². The predicted molar refractivity (Wildman–Crippen MR) is 36.3 cm³/mol. The molecule has 0 aliphatic heterocycles. The Labute approximate surface area is 50.3 Å². The average molecular weight is 113 g/mol. The molecule has 2 N–H and O–H groups in total. The molecule has 0 rings (SSSR count). The van der Waals surface area contributed by atoms with Crippen molar-refractivity contribution in [2.75, 3.05) is 20.1 Å². The van der Waals surface area contributed by atoms with E-state index in [2.05, 4.69) is 16.9 Å². The van der Waals surface area contributed by atoms with Crippen LogP contribution in [0.15, 0.2) is 17.6 Å². The van der Waals surface area contributed by atoms with E-state index in [1.807, 2.05) is 7.05 Å². The summed E-state index contributed by atoms with van der Waals surface area (Å²) in [6.07, 6.45) is 3.42. The molecule has 0 aliphatic carbocycles. The lowest BCUT2D eigenvalue weighted by Crippen LogP contribution is -2.80. The second kappa shape index (κ2) is 6.37. The van der Waals surface area contributed by atoms with E-state index < -0.39 is 0 Å². The van der Waals surface area contributed by atoms with Crippen LogP contribution < -0.4 is 5.32 Å². The first-order valence-electron chi connectivity index (χ1n) is 2.80. The Morgan fingerprint density at radius 2 is 2.50 bits per heavy atom. The Balaban J connectivity index is 2.91. The molecule has 0 heterocycles. The molecule has 0 unspecified atom stereocenters. The normalized spacial score (nSPS) is 10.1. The van der Waals surface area contributed by atoms with Crippen LogP contribution >= 0.6 is 0 Å². The third-order valence-corrected chi connectivity index (χ3v) is 0.758. The zero-order valence-electron chi connectivity index (χ0n) is 5.30. The van der Waals surface area contributed by atoms with Crippen LogP contribution in [0.1, 0.15) is 0 Å². The molecular formula is C6H13N2+. The monoisotopic (exact) mass is 113 g/mol. The number of rotatable bonds is 4. The van der Waals surface area contributed by atoms with Crippen molar-refractivity contribution in [3.05, 3.63) is 12.7 Å². The number of nitrogens with zero attached hydrogens (tertiary/aromatic N) is 1. The van der Waals surface area contributed by atoms with Gasteiger partial charge in [-0.3, -0.25) is 4.99 Å². The summed E-state index contributed by atoms with van der Waals surface area (Å²) in [5.74, 6) is 0. The molecule has 0 spiro atoms. The summed E-state index contributed by atoms with van der Waals surface area (Å²) in [6, 6.07) is 0. The minimum absolute atomic E-state index is 0.891. The molecule has 0 saturated carbocycles. The molecule has 46 valence electrons. The molecular weight excluding hydrogens is 100 g/mol. The van der Waals surface area contributed by atoms with Gasteiger partial charge < -0.3 is 5.32 Å². The number of nitrogens with two attached hydrogens (primary N) is 1. The van der Waals surface area contributed by atoms with Crippen molar-refractivity contribution >= 4 is 6.21 Å². The molecule has 0 aromatic heterocycles. The smallest absolute Gasteiger partial charge is 0.0952 e. The van der Waals surface area contributed by atoms with Crippen LogP contribution in [0.25, 0.3) is 0 Å². The van der Waals surface area contributed by atoms with E-state index in [0.29, 0.717) is 0 Å². The Morgan fingerprint density at radius 1 is 1.75 bits per heavy atom. The van der Waals surface area contributed by atoms with Crippen molar-refractivity contribution in [3.8, 4) is 0 Å². The Hall–Kier alpha value is -0.630. The molecule has 0 aliphatic rings. The maximum Gasteiger partial charge on any atom is 0.0952 e. The number of aliphatic imine (C=N–C) groups is 1. The summed E-state index contributed by atoms with van der Waals surface area (Å²) in [7, 11) is 2.03. The third kappa shape index (κ3) is 5.37. The molecule has 0 saturated heterocycles. The fraction of sp³-hybridized carbons (Fsp3) is 0.500. The maximum atomic E-state index is 4.01. The van der Waals surface area contributed by atoms with Gasteiger partial charge in [0, 0.05) is 6.21 Å². The lowest BCUT2D eigenvalue weighted by Gasteiger charge is -1.85. The molecule has 2 nitrogen and oxygen atoms in total. The Morgan fingerprint density at radius 3 is 3.00 bits per heavy atom. The van der Waals surface area contributed by atoms with Crippen molar-refractivity contribution in [1.29, 1.82) is 0 Å². The van der Waals surface area contributed by atoms with Gasteiger partial charge in [0.25, 0.3) is 0 Å². The third-order valence-electron chi connectivity index (χ3n) is 0.758. The highest BCUT2D eigenvalue weighted by Crippen LogP contribution is 1.60. The van der Waals surface area contributed by atoms with Gasteiger partial charge in [-0.15, -0.1) is 0 Å². The maximum absolute atomic E-state index is 4.01. The van der Waals surface area contributed by atoms with Crippen LogP contribution in [0.2, 0.25) is 0 Å². The fourth-order valence-corrected chi connectivity index (χ4v) is 0.353. The molecule has 0 bridgehead atoms. The highest BCUT2D eigenvalue weighted by molar-refractivity contribution is 5.69. The van der Waals surface area contributed by atoms with E-state index in [1.54, 1.807) is 12.3 Å². The van der Waals surface area contributed by atoms with Gasteiger partial charge in [0.15, 0.2) is 0 Å². The van der Waals surface area contributed by atoms with Gasteiger partial charge in [-0.05, 0) is 0 Å². The van der Waals surface area contributed by atoms with E-state index in [-0.39, 0.29) is 0 Å². The fourth-order valence-electron chi connectivity index (χ4n) is 0.353. The molecule has 0 aromatic carbocycles. The Kier molecular flexibility index (Phi) is 5.87. The zero-order valence-corrected chi connectivity index (χ0v) is 5.30. The molecule has 0 radical (unpaired) electrons. The van der Waals surface area contributed by atoms with Gasteiger partial charge in [0.1, 0.15) is 0 Å². The van der Waals surface area contributed by atoms with Crippen molar-refractivity contribution in [2.45, 2.75) is 0 Å². The molecule has 2 heteroatoms. The average Bonchev–Trinajstić information content (AvgIpc) is 1.81. The number of hydrogen-bond acceptors (Lipinski definition) is 1. The van der Waals surface area contributed by atoms with Gasteiger partial charge in [-0.2, -0.15) is 0 Å². The second-order valence-corrected chi connectivity index (χ2v) is 1.49. The van der Waals surface area contributed by atoms with E-state index in [0.717, 1.165) is 13.1 Å². The Bertz CT molecular complexity index is 76.6. The van der Waals surface area contributed by atoms with Gasteiger partial charge in [0.2, 0.25) is 0 Å². The number of quaternary nitrogens is 1. The van der Waals surface area contributed by atoms with Crippen molar-refractivity contribution < 1.29 is 5.32 Å². The minimum atomic E-state index is 0.891. The highest BCUT2D eigenvalue weighted by atomic mass is 14.9. The summed E-state index contributed by atoms with van der Waals surface area (Å²) in [4.78, 5) is 4.01. The first kappa shape index (κ1) is 7.37. The standard InChI is InChI=1S/C6H12N2/c1-3-4-8-6-5-7-2/h3-4,7H,1,5-6H2,2H3/p+1. The van der Waals surface area contributed by atoms with E-state index in [1.165, 1.54) is 0 Å². The van der Waals surface area contributed by atoms with Gasteiger partial charge in [-0.1, -0.05) is 12.7 Å². The number of hydrogen-bond donors (Lipinski definition) is 1.